The van der Waals surface area contributed by atoms with E-state index in [-0.39, 0.29) is 23.7 Å². The Bertz CT molecular complexity index is 2450. The molecule has 0 N–H and O–H groups in total. The van der Waals surface area contributed by atoms with Crippen molar-refractivity contribution >= 4 is 21.5 Å². The lowest BCUT2D eigenvalue weighted by Gasteiger charge is -2.33. The fraction of sp³-hybridized carbons (Fsp3) is 0.167. The van der Waals surface area contributed by atoms with Crippen LogP contribution in [0.1, 0.15) is 25.3 Å². The molecule has 5 aromatic rings. The zero-order chi connectivity index (χ0) is 33.8. The highest BCUT2D eigenvalue weighted by molar-refractivity contribution is 6.21. The van der Waals surface area contributed by atoms with Gasteiger partial charge >= 0.3 is 0 Å². The second kappa shape index (κ2) is 12.2. The van der Waals surface area contributed by atoms with Gasteiger partial charge in [0, 0.05) is 17.4 Å². The van der Waals surface area contributed by atoms with Gasteiger partial charge in [0.2, 0.25) is 0 Å². The lowest BCUT2D eigenvalue weighted by molar-refractivity contribution is 0.554. The van der Waals surface area contributed by atoms with Crippen LogP contribution in [0.4, 0.5) is 0 Å². The van der Waals surface area contributed by atoms with E-state index in [1.54, 1.807) is 0 Å². The first-order valence-electron chi connectivity index (χ1n) is 17.8. The maximum Gasteiger partial charge on any atom is 0.0953 e. The molecule has 4 aliphatic rings. The molecule has 2 heteroatoms. The van der Waals surface area contributed by atoms with Crippen LogP contribution in [0.3, 0.4) is 0 Å². The fourth-order valence-electron chi connectivity index (χ4n) is 9.16. The van der Waals surface area contributed by atoms with Gasteiger partial charge in [0.05, 0.1) is 18.1 Å². The Kier molecular flexibility index (Phi) is 7.34. The Hall–Kier alpha value is -5.96. The molecule has 2 nitrogen and oxygen atoms in total. The molecule has 0 heterocycles. The Morgan fingerprint density at radius 2 is 1.38 bits per heavy atom. The number of benzene rings is 5. The predicted molar refractivity (Wildman–Crippen MR) is 205 cm³/mol. The summed E-state index contributed by atoms with van der Waals surface area (Å²) in [5.41, 5.74) is 13.7. The molecule has 0 saturated heterocycles. The molecule has 50 heavy (non-hydrogen) atoms. The molecule has 4 atom stereocenters. The van der Waals surface area contributed by atoms with Crippen LogP contribution in [0, 0.1) is 46.3 Å². The Labute approximate surface area is 294 Å². The maximum absolute atomic E-state index is 10.3. The number of nitriles is 2. The first kappa shape index (κ1) is 30.1. The van der Waals surface area contributed by atoms with Crippen LogP contribution in [0.5, 0.6) is 0 Å². The minimum absolute atomic E-state index is 0.0808. The second-order valence-corrected chi connectivity index (χ2v) is 14.1. The largest absolute Gasteiger partial charge is 0.198 e. The zero-order valence-electron chi connectivity index (χ0n) is 28.1. The van der Waals surface area contributed by atoms with E-state index in [2.05, 4.69) is 159 Å². The van der Waals surface area contributed by atoms with Crippen molar-refractivity contribution < 1.29 is 0 Å². The summed E-state index contributed by atoms with van der Waals surface area (Å²) in [7, 11) is 0. The number of hydrogen-bond donors (Lipinski definition) is 0. The molecule has 0 radical (unpaired) electrons. The highest BCUT2D eigenvalue weighted by Gasteiger charge is 2.42. The number of fused-ring (bicyclic) bond motifs is 5. The first-order valence-corrected chi connectivity index (χ1v) is 17.8. The van der Waals surface area contributed by atoms with Crippen LogP contribution in [0.2, 0.25) is 0 Å². The van der Waals surface area contributed by atoms with Gasteiger partial charge in [-0.05, 0) is 108 Å². The molecule has 9 rings (SSSR count). The fourth-order valence-corrected chi connectivity index (χ4v) is 9.16. The monoisotopic (exact) mass is 640 g/mol. The van der Waals surface area contributed by atoms with Crippen LogP contribution in [0.25, 0.3) is 43.8 Å². The van der Waals surface area contributed by atoms with E-state index in [1.165, 1.54) is 77.2 Å². The number of allylic oxidation sites excluding steroid dienone is 12. The van der Waals surface area contributed by atoms with Gasteiger partial charge in [-0.3, -0.25) is 0 Å². The van der Waals surface area contributed by atoms with E-state index in [4.69, 9.17) is 0 Å². The second-order valence-electron chi connectivity index (χ2n) is 14.1. The number of aryl methyl sites for hydroxylation is 1. The van der Waals surface area contributed by atoms with E-state index < -0.39 is 0 Å². The molecule has 5 aromatic carbocycles. The van der Waals surface area contributed by atoms with Gasteiger partial charge in [-0.2, -0.15) is 10.5 Å². The first-order chi connectivity index (χ1) is 24.6. The summed E-state index contributed by atoms with van der Waals surface area (Å²) < 4.78 is 0. The Morgan fingerprint density at radius 3 is 2.06 bits per heavy atom. The van der Waals surface area contributed by atoms with Crippen molar-refractivity contribution in [3.05, 3.63) is 179 Å². The smallest absolute Gasteiger partial charge is 0.0953 e. The zero-order valence-corrected chi connectivity index (χ0v) is 28.1. The molecular formula is C48H36N2. The lowest BCUT2D eigenvalue weighted by atomic mass is 9.69. The predicted octanol–water partition coefficient (Wildman–Crippen LogP) is 11.8. The normalized spacial score (nSPS) is 22.1. The van der Waals surface area contributed by atoms with Crippen molar-refractivity contribution in [2.45, 2.75) is 26.2 Å². The van der Waals surface area contributed by atoms with Crippen LogP contribution >= 0.6 is 0 Å². The Morgan fingerprint density at radius 1 is 0.720 bits per heavy atom. The van der Waals surface area contributed by atoms with Crippen LogP contribution in [-0.2, 0) is 6.42 Å². The highest BCUT2D eigenvalue weighted by Crippen LogP contribution is 2.55. The average Bonchev–Trinajstić information content (AvgIpc) is 3.48. The van der Waals surface area contributed by atoms with Gasteiger partial charge in [-0.1, -0.05) is 140 Å². The van der Waals surface area contributed by atoms with Crippen molar-refractivity contribution in [3.8, 4) is 34.4 Å². The topological polar surface area (TPSA) is 47.6 Å². The van der Waals surface area contributed by atoms with Gasteiger partial charge in [-0.15, -0.1) is 0 Å². The number of hydrogen-bond acceptors (Lipinski definition) is 2. The molecule has 0 spiro atoms. The molecule has 4 aliphatic carbocycles. The van der Waals surface area contributed by atoms with E-state index in [0.717, 1.165) is 24.8 Å². The highest BCUT2D eigenvalue weighted by atomic mass is 14.5. The summed E-state index contributed by atoms with van der Waals surface area (Å²) in [6, 6.07) is 42.6. The van der Waals surface area contributed by atoms with E-state index in [0.29, 0.717) is 0 Å². The summed E-state index contributed by atoms with van der Waals surface area (Å²) >= 11 is 0. The van der Waals surface area contributed by atoms with Crippen molar-refractivity contribution in [1.82, 2.24) is 0 Å². The van der Waals surface area contributed by atoms with Gasteiger partial charge in [-0.25, -0.2) is 0 Å². The third-order valence-corrected chi connectivity index (χ3v) is 11.3. The van der Waals surface area contributed by atoms with Crippen LogP contribution in [0.15, 0.2) is 173 Å². The lowest BCUT2D eigenvalue weighted by Crippen LogP contribution is -2.23. The van der Waals surface area contributed by atoms with Crippen LogP contribution < -0.4 is 0 Å². The SMILES string of the molecule is CC1C=CC=C2C3=C(C=C(C#N)C21)C(CCc1cccc(-c2c4ccccc4c(-c4ccccc4)c4ccccc24)c1)C1=C3CC(C#N)C=C1. The molecule has 0 bridgehead atoms. The van der Waals surface area contributed by atoms with Crippen molar-refractivity contribution in [2.75, 3.05) is 0 Å². The quantitative estimate of drug-likeness (QED) is 0.179. The molecule has 0 saturated carbocycles. The molecule has 0 fully saturated rings. The number of rotatable bonds is 5. The summed E-state index contributed by atoms with van der Waals surface area (Å²) in [5.74, 6) is 0.420. The molecule has 0 aliphatic heterocycles. The standard InChI is InChI=1S/C48H36N2/c1-30-11-9-20-42-45(30)35(29-50)27-44-37(36-24-22-32(28-49)26-43(36)48(42)44)23-21-31-12-10-15-34(25-31)47-40-18-7-5-16-38(40)46(33-13-3-2-4-14-33)39-17-6-8-19-41(39)47/h2-20,22,24-25,27,30,32,37,45H,21,23,26H2,1H3. The average molecular weight is 641 g/mol. The minimum atomic E-state index is -0.118. The minimum Gasteiger partial charge on any atom is -0.198 e. The van der Waals surface area contributed by atoms with Crippen LogP contribution in [-0.4, -0.2) is 0 Å². The summed E-state index contributed by atoms with van der Waals surface area (Å²) in [5, 5.41) is 25.2. The molecule has 4 unspecified atom stereocenters. The third-order valence-electron chi connectivity index (χ3n) is 11.3. The van der Waals surface area contributed by atoms with Gasteiger partial charge in [0.1, 0.15) is 0 Å². The summed E-state index contributed by atoms with van der Waals surface area (Å²) in [4.78, 5) is 0. The summed E-state index contributed by atoms with van der Waals surface area (Å²) in [6.45, 7) is 2.21. The van der Waals surface area contributed by atoms with Crippen molar-refractivity contribution in [3.63, 3.8) is 0 Å². The third kappa shape index (κ3) is 4.75. The maximum atomic E-state index is 10.3. The Balaban J connectivity index is 1.12. The molecule has 238 valence electrons. The van der Waals surface area contributed by atoms with Gasteiger partial charge < -0.3 is 0 Å². The summed E-state index contributed by atoms with van der Waals surface area (Å²) in [6.07, 6.45) is 15.7. The molecule has 0 aromatic heterocycles. The van der Waals surface area contributed by atoms with Gasteiger partial charge in [0.25, 0.3) is 0 Å². The van der Waals surface area contributed by atoms with Crippen molar-refractivity contribution in [1.29, 1.82) is 10.5 Å². The molecular weight excluding hydrogens is 605 g/mol. The van der Waals surface area contributed by atoms with Crippen molar-refractivity contribution in [2.24, 2.45) is 23.7 Å². The molecule has 0 amide bonds. The van der Waals surface area contributed by atoms with E-state index in [1.807, 2.05) is 0 Å². The van der Waals surface area contributed by atoms with E-state index >= 15 is 0 Å². The van der Waals surface area contributed by atoms with Gasteiger partial charge in [0.15, 0.2) is 0 Å². The van der Waals surface area contributed by atoms with E-state index in [9.17, 15) is 10.5 Å². The number of nitrogens with zero attached hydrogens (tertiary/aromatic N) is 2.